The van der Waals surface area contributed by atoms with Crippen LogP contribution in [0.2, 0.25) is 0 Å². The first kappa shape index (κ1) is 18.5. The van der Waals surface area contributed by atoms with E-state index in [1.54, 1.807) is 0 Å². The molecule has 2 heterocycles. The van der Waals surface area contributed by atoms with Crippen LogP contribution < -0.4 is 4.74 Å². The smallest absolute Gasteiger partial charge is 0.119 e. The van der Waals surface area contributed by atoms with E-state index in [0.717, 1.165) is 24.8 Å². The number of fused-ring (bicyclic) bond motifs is 1. The molecule has 1 aliphatic rings. The Morgan fingerprint density at radius 2 is 1.78 bits per heavy atom. The number of ether oxygens (including phenoxy) is 1. The Kier molecular flexibility index (Phi) is 5.80. The van der Waals surface area contributed by atoms with Crippen LogP contribution in [0.5, 0.6) is 5.75 Å². The maximum Gasteiger partial charge on any atom is 0.119 e. The summed E-state index contributed by atoms with van der Waals surface area (Å²) in [7, 11) is 0. The molecule has 0 unspecified atom stereocenters. The molecule has 1 saturated heterocycles. The summed E-state index contributed by atoms with van der Waals surface area (Å²) in [5.74, 6) is 1.91. The molecule has 4 rings (SSSR count). The molecule has 0 atom stereocenters. The monoisotopic (exact) mass is 379 g/mol. The summed E-state index contributed by atoms with van der Waals surface area (Å²) in [5, 5.41) is 1.35. The Bertz CT molecular complexity index is 875. The predicted molar refractivity (Wildman–Crippen MR) is 117 cm³/mol. The lowest BCUT2D eigenvalue weighted by Crippen LogP contribution is -2.36. The summed E-state index contributed by atoms with van der Waals surface area (Å²) in [6.07, 6.45) is 4.02. The van der Waals surface area contributed by atoms with E-state index in [1.807, 2.05) is 11.3 Å². The zero-order valence-corrected chi connectivity index (χ0v) is 17.2. The second-order valence-electron chi connectivity index (χ2n) is 7.60. The van der Waals surface area contributed by atoms with Crippen molar-refractivity contribution in [1.82, 2.24) is 4.90 Å². The van der Waals surface area contributed by atoms with Crippen molar-refractivity contribution in [3.63, 3.8) is 0 Å². The minimum atomic E-state index is 0.774. The fourth-order valence-electron chi connectivity index (χ4n) is 4.16. The molecular weight excluding hydrogens is 350 g/mol. The summed E-state index contributed by atoms with van der Waals surface area (Å²) < 4.78 is 7.37. The van der Waals surface area contributed by atoms with Crippen molar-refractivity contribution < 1.29 is 4.74 Å². The Morgan fingerprint density at radius 3 is 2.52 bits per heavy atom. The van der Waals surface area contributed by atoms with Crippen LogP contribution in [0.1, 0.15) is 31.1 Å². The van der Waals surface area contributed by atoms with Gasteiger partial charge in [-0.15, -0.1) is 11.3 Å². The van der Waals surface area contributed by atoms with Gasteiger partial charge in [0.15, 0.2) is 0 Å². The lowest BCUT2D eigenvalue weighted by Gasteiger charge is -2.31. The quantitative estimate of drug-likeness (QED) is 0.493. The first-order valence-corrected chi connectivity index (χ1v) is 11.0. The third kappa shape index (κ3) is 4.20. The first-order valence-electron chi connectivity index (χ1n) is 10.2. The summed E-state index contributed by atoms with van der Waals surface area (Å²) in [6.45, 7) is 8.79. The van der Waals surface area contributed by atoms with Crippen LogP contribution in [0.15, 0.2) is 48.5 Å². The largest absolute Gasteiger partial charge is 0.492 e. The number of hydrogen-bond acceptors (Lipinski definition) is 3. The number of piperidine rings is 1. The highest BCUT2D eigenvalue weighted by molar-refractivity contribution is 7.19. The zero-order valence-electron chi connectivity index (χ0n) is 16.4. The van der Waals surface area contributed by atoms with Crippen molar-refractivity contribution in [2.45, 2.75) is 33.1 Å². The lowest BCUT2D eigenvalue weighted by molar-refractivity contribution is 0.153. The summed E-state index contributed by atoms with van der Waals surface area (Å²) in [5.41, 5.74) is 2.64. The third-order valence-electron chi connectivity index (χ3n) is 5.88. The zero-order chi connectivity index (χ0) is 18.6. The molecule has 0 amide bonds. The van der Waals surface area contributed by atoms with E-state index >= 15 is 0 Å². The molecule has 142 valence electrons. The van der Waals surface area contributed by atoms with Gasteiger partial charge in [-0.25, -0.2) is 0 Å². The average molecular weight is 380 g/mol. The van der Waals surface area contributed by atoms with Crippen LogP contribution in [0.25, 0.3) is 21.2 Å². The summed E-state index contributed by atoms with van der Waals surface area (Å²) >= 11 is 1.87. The normalized spacial score (nSPS) is 16.1. The highest BCUT2D eigenvalue weighted by Gasteiger charge is 2.17. The molecule has 1 fully saturated rings. The van der Waals surface area contributed by atoms with Gasteiger partial charge in [0.25, 0.3) is 0 Å². The van der Waals surface area contributed by atoms with E-state index in [4.69, 9.17) is 4.74 Å². The summed E-state index contributed by atoms with van der Waals surface area (Å²) in [6, 6.07) is 17.3. The maximum atomic E-state index is 6.01. The highest BCUT2D eigenvalue weighted by atomic mass is 32.1. The van der Waals surface area contributed by atoms with Crippen LogP contribution in [0, 0.1) is 12.8 Å². The molecule has 0 aliphatic carbocycles. The molecule has 1 aromatic heterocycles. The SMILES string of the molecule is CCC1CCN(CCOc2ccc(-c3c(C)sc4ccccc34)cc2)CC1. The van der Waals surface area contributed by atoms with Gasteiger partial charge in [-0.3, -0.25) is 4.90 Å². The van der Waals surface area contributed by atoms with Crippen molar-refractivity contribution in [3.8, 4) is 16.9 Å². The van der Waals surface area contributed by atoms with Gasteiger partial charge in [-0.05, 0) is 62.5 Å². The van der Waals surface area contributed by atoms with E-state index in [-0.39, 0.29) is 0 Å². The molecule has 0 N–H and O–H groups in total. The van der Waals surface area contributed by atoms with Gasteiger partial charge in [0.2, 0.25) is 0 Å². The lowest BCUT2D eigenvalue weighted by atomic mass is 9.94. The first-order chi connectivity index (χ1) is 13.2. The molecule has 27 heavy (non-hydrogen) atoms. The minimum absolute atomic E-state index is 0.774. The van der Waals surface area contributed by atoms with E-state index in [2.05, 4.69) is 67.3 Å². The second kappa shape index (κ2) is 8.45. The number of nitrogens with zero attached hydrogens (tertiary/aromatic N) is 1. The van der Waals surface area contributed by atoms with Crippen LogP contribution in [-0.2, 0) is 0 Å². The second-order valence-corrected chi connectivity index (χ2v) is 8.85. The van der Waals surface area contributed by atoms with E-state index in [9.17, 15) is 0 Å². The van der Waals surface area contributed by atoms with Gasteiger partial charge >= 0.3 is 0 Å². The van der Waals surface area contributed by atoms with Crippen molar-refractivity contribution in [1.29, 1.82) is 0 Å². The third-order valence-corrected chi connectivity index (χ3v) is 6.96. The maximum absolute atomic E-state index is 6.01. The molecule has 2 aromatic carbocycles. The van der Waals surface area contributed by atoms with Gasteiger partial charge in [-0.1, -0.05) is 43.7 Å². The molecule has 0 spiro atoms. The molecule has 0 radical (unpaired) electrons. The highest BCUT2D eigenvalue weighted by Crippen LogP contribution is 2.38. The Morgan fingerprint density at radius 1 is 1.04 bits per heavy atom. The Labute approximate surface area is 166 Å². The number of likely N-dealkylation sites (tertiary alicyclic amines) is 1. The molecule has 0 bridgehead atoms. The molecular formula is C24H29NOS. The minimum Gasteiger partial charge on any atom is -0.492 e. The van der Waals surface area contributed by atoms with Crippen molar-refractivity contribution in [3.05, 3.63) is 53.4 Å². The average Bonchev–Trinajstić information content (AvgIpc) is 3.05. The van der Waals surface area contributed by atoms with Crippen LogP contribution in [0.3, 0.4) is 0 Å². The number of hydrogen-bond donors (Lipinski definition) is 0. The summed E-state index contributed by atoms with van der Waals surface area (Å²) in [4.78, 5) is 3.92. The van der Waals surface area contributed by atoms with Crippen LogP contribution >= 0.6 is 11.3 Å². The van der Waals surface area contributed by atoms with Crippen LogP contribution in [0.4, 0.5) is 0 Å². The number of rotatable bonds is 6. The fourth-order valence-corrected chi connectivity index (χ4v) is 5.24. The molecule has 1 aliphatic heterocycles. The van der Waals surface area contributed by atoms with E-state index in [0.29, 0.717) is 0 Å². The van der Waals surface area contributed by atoms with Crippen molar-refractivity contribution in [2.24, 2.45) is 5.92 Å². The fraction of sp³-hybridized carbons (Fsp3) is 0.417. The predicted octanol–water partition coefficient (Wildman–Crippen LogP) is 6.38. The molecule has 2 nitrogen and oxygen atoms in total. The van der Waals surface area contributed by atoms with E-state index < -0.39 is 0 Å². The number of aryl methyl sites for hydroxylation is 1. The molecule has 3 aromatic rings. The van der Waals surface area contributed by atoms with Gasteiger partial charge in [0.1, 0.15) is 12.4 Å². The van der Waals surface area contributed by atoms with Crippen LogP contribution in [-0.4, -0.2) is 31.1 Å². The van der Waals surface area contributed by atoms with Crippen molar-refractivity contribution in [2.75, 3.05) is 26.2 Å². The Balaban J connectivity index is 1.36. The molecule has 0 saturated carbocycles. The van der Waals surface area contributed by atoms with E-state index in [1.165, 1.54) is 58.4 Å². The Hall–Kier alpha value is -1.84. The topological polar surface area (TPSA) is 12.5 Å². The van der Waals surface area contributed by atoms with Gasteiger partial charge < -0.3 is 4.74 Å². The van der Waals surface area contributed by atoms with Crippen molar-refractivity contribution >= 4 is 21.4 Å². The van der Waals surface area contributed by atoms with Gasteiger partial charge in [0, 0.05) is 27.1 Å². The molecule has 3 heteroatoms. The van der Waals surface area contributed by atoms with Gasteiger partial charge in [-0.2, -0.15) is 0 Å². The van der Waals surface area contributed by atoms with Gasteiger partial charge in [0.05, 0.1) is 0 Å². The standard InChI is InChI=1S/C24H29NOS/c1-3-19-12-14-25(15-13-19)16-17-26-21-10-8-20(9-11-21)24-18(2)27-23-7-5-4-6-22(23)24/h4-11,19H,3,12-17H2,1-2H3. The number of thiophene rings is 1. The number of benzene rings is 2.